The number of rotatable bonds is 3. The number of halogens is 1. The highest BCUT2D eigenvalue weighted by Gasteiger charge is 2.33. The van der Waals surface area contributed by atoms with Crippen molar-refractivity contribution >= 4 is 11.8 Å². The number of nitro groups is 1. The van der Waals surface area contributed by atoms with Crippen molar-refractivity contribution in [1.29, 1.82) is 0 Å². The lowest BCUT2D eigenvalue weighted by Crippen LogP contribution is -2.05. The van der Waals surface area contributed by atoms with Crippen LogP contribution in [0.5, 0.6) is 0 Å². The smallest absolute Gasteiger partial charge is 0.428 e. The second-order valence-corrected chi connectivity index (χ2v) is 3.47. The summed E-state index contributed by atoms with van der Waals surface area (Å²) in [6.07, 6.45) is 0. The van der Waals surface area contributed by atoms with Crippen LogP contribution in [0.1, 0.15) is 10.4 Å². The first-order valence-electron chi connectivity index (χ1n) is 5.03. The number of benzene rings is 1. The molecule has 0 unspecified atom stereocenters. The van der Waals surface area contributed by atoms with Crippen molar-refractivity contribution in [3.63, 3.8) is 0 Å². The predicted molar refractivity (Wildman–Crippen MR) is 59.9 cm³/mol. The van der Waals surface area contributed by atoms with E-state index in [0.29, 0.717) is 0 Å². The summed E-state index contributed by atoms with van der Waals surface area (Å²) < 4.78 is 22.1. The maximum atomic E-state index is 12.8. The number of esters is 1. The Hall–Kier alpha value is -2.77. The van der Waals surface area contributed by atoms with Crippen molar-refractivity contribution < 1.29 is 23.4 Å². The molecule has 0 aliphatic rings. The zero-order valence-electron chi connectivity index (χ0n) is 9.62. The van der Waals surface area contributed by atoms with E-state index in [9.17, 15) is 19.3 Å². The summed E-state index contributed by atoms with van der Waals surface area (Å²) in [6, 6.07) is 4.88. The summed E-state index contributed by atoms with van der Waals surface area (Å²) >= 11 is 0. The molecule has 0 aliphatic heterocycles. The van der Waals surface area contributed by atoms with Crippen LogP contribution in [0.25, 0.3) is 11.3 Å². The number of methoxy groups -OCH3 is 1. The van der Waals surface area contributed by atoms with Crippen molar-refractivity contribution in [1.82, 2.24) is 5.16 Å². The molecule has 1 aromatic carbocycles. The lowest BCUT2D eigenvalue weighted by atomic mass is 10.1. The summed E-state index contributed by atoms with van der Waals surface area (Å²) in [4.78, 5) is 21.5. The lowest BCUT2D eigenvalue weighted by molar-refractivity contribution is -0.391. The predicted octanol–water partition coefficient (Wildman–Crippen LogP) is 2.18. The molecule has 8 heteroatoms. The van der Waals surface area contributed by atoms with E-state index < -0.39 is 28.1 Å². The molecule has 0 aliphatic carbocycles. The second-order valence-electron chi connectivity index (χ2n) is 3.47. The molecule has 0 spiro atoms. The topological polar surface area (TPSA) is 95.5 Å². The van der Waals surface area contributed by atoms with Crippen molar-refractivity contribution in [2.45, 2.75) is 0 Å². The van der Waals surface area contributed by atoms with E-state index in [-0.39, 0.29) is 11.3 Å². The van der Waals surface area contributed by atoms with Crippen molar-refractivity contribution in [2.75, 3.05) is 7.11 Å². The van der Waals surface area contributed by atoms with Crippen LogP contribution in [-0.4, -0.2) is 23.2 Å². The molecule has 0 N–H and O–H groups in total. The van der Waals surface area contributed by atoms with Gasteiger partial charge in [0.2, 0.25) is 11.3 Å². The third-order valence-electron chi connectivity index (χ3n) is 2.34. The van der Waals surface area contributed by atoms with E-state index in [2.05, 4.69) is 9.89 Å². The zero-order chi connectivity index (χ0) is 14.0. The van der Waals surface area contributed by atoms with E-state index in [1.54, 1.807) is 0 Å². The first-order chi connectivity index (χ1) is 9.04. The van der Waals surface area contributed by atoms with Crippen LogP contribution >= 0.6 is 0 Å². The summed E-state index contributed by atoms with van der Waals surface area (Å²) in [5.74, 6) is -2.32. The molecule has 7 nitrogen and oxygen atoms in total. The third-order valence-corrected chi connectivity index (χ3v) is 2.34. The van der Waals surface area contributed by atoms with E-state index in [4.69, 9.17) is 4.52 Å². The van der Waals surface area contributed by atoms with Crippen LogP contribution in [0.3, 0.4) is 0 Å². The highest BCUT2D eigenvalue weighted by atomic mass is 19.1. The minimum Gasteiger partial charge on any atom is -0.465 e. The SMILES string of the molecule is COC(=O)c1c([N+](=O)[O-])noc1-c1ccc(F)cc1. The van der Waals surface area contributed by atoms with Gasteiger partial charge in [-0.2, -0.15) is 0 Å². The Labute approximate surface area is 105 Å². The molecule has 2 aromatic rings. The average Bonchev–Trinajstić information content (AvgIpc) is 2.83. The summed E-state index contributed by atoms with van der Waals surface area (Å²) in [5, 5.41) is 14.0. The third kappa shape index (κ3) is 2.28. The quantitative estimate of drug-likeness (QED) is 0.480. The molecule has 0 saturated carbocycles. The molecule has 1 heterocycles. The number of carbonyl (C=O) groups excluding carboxylic acids is 1. The van der Waals surface area contributed by atoms with E-state index in [1.807, 2.05) is 0 Å². The standard InChI is InChI=1S/C11H7FN2O5/c1-18-11(15)8-9(19-13-10(8)14(16)17)6-2-4-7(12)5-3-6/h2-5H,1H3. The molecule has 0 amide bonds. The number of aromatic nitrogens is 1. The number of carbonyl (C=O) groups is 1. The minimum atomic E-state index is -0.952. The van der Waals surface area contributed by atoms with Crippen molar-refractivity contribution in [3.8, 4) is 11.3 Å². The Morgan fingerprint density at radius 1 is 1.42 bits per heavy atom. The highest BCUT2D eigenvalue weighted by Crippen LogP contribution is 2.31. The molecular weight excluding hydrogens is 259 g/mol. The van der Waals surface area contributed by atoms with Crippen LogP contribution in [0.15, 0.2) is 28.8 Å². The second kappa shape index (κ2) is 4.84. The summed E-state index contributed by atoms with van der Waals surface area (Å²) in [6.45, 7) is 0. The van der Waals surface area contributed by atoms with Gasteiger partial charge in [-0.05, 0) is 29.2 Å². The van der Waals surface area contributed by atoms with Crippen LogP contribution in [0.4, 0.5) is 10.2 Å². The minimum absolute atomic E-state index is 0.140. The molecule has 1 aromatic heterocycles. The van der Waals surface area contributed by atoms with E-state index in [1.165, 1.54) is 12.1 Å². The van der Waals surface area contributed by atoms with Gasteiger partial charge >= 0.3 is 11.8 Å². The van der Waals surface area contributed by atoms with Gasteiger partial charge in [-0.25, -0.2) is 9.18 Å². The van der Waals surface area contributed by atoms with Crippen molar-refractivity contribution in [2.24, 2.45) is 0 Å². The Morgan fingerprint density at radius 2 is 2.05 bits per heavy atom. The maximum absolute atomic E-state index is 12.8. The zero-order valence-corrected chi connectivity index (χ0v) is 9.62. The first kappa shape index (κ1) is 12.7. The van der Waals surface area contributed by atoms with Gasteiger partial charge < -0.3 is 14.9 Å². The number of nitrogens with zero attached hydrogens (tertiary/aromatic N) is 2. The summed E-state index contributed by atoms with van der Waals surface area (Å²) in [7, 11) is 1.08. The van der Waals surface area contributed by atoms with Crippen LogP contribution in [-0.2, 0) is 4.74 Å². The number of hydrogen-bond donors (Lipinski definition) is 0. The van der Waals surface area contributed by atoms with Gasteiger partial charge in [0.25, 0.3) is 0 Å². The molecule has 19 heavy (non-hydrogen) atoms. The van der Waals surface area contributed by atoms with Gasteiger partial charge in [0, 0.05) is 5.56 Å². The van der Waals surface area contributed by atoms with Gasteiger partial charge in [-0.15, -0.1) is 0 Å². The van der Waals surface area contributed by atoms with E-state index >= 15 is 0 Å². The van der Waals surface area contributed by atoms with Gasteiger partial charge in [-0.3, -0.25) is 4.52 Å². The highest BCUT2D eigenvalue weighted by molar-refractivity contribution is 5.99. The first-order valence-corrected chi connectivity index (χ1v) is 5.03. The monoisotopic (exact) mass is 266 g/mol. The van der Waals surface area contributed by atoms with Gasteiger partial charge in [-0.1, -0.05) is 0 Å². The molecular formula is C11H7FN2O5. The Balaban J connectivity index is 2.60. The number of ether oxygens (including phenoxy) is 1. The van der Waals surface area contributed by atoms with Crippen molar-refractivity contribution in [3.05, 3.63) is 45.8 Å². The fraction of sp³-hybridized carbons (Fsp3) is 0.0909. The van der Waals surface area contributed by atoms with Crippen LogP contribution in [0, 0.1) is 15.9 Å². The molecule has 0 radical (unpaired) electrons. The largest absolute Gasteiger partial charge is 0.465 e. The maximum Gasteiger partial charge on any atom is 0.428 e. The van der Waals surface area contributed by atoms with Gasteiger partial charge in [0.15, 0.2) is 5.16 Å². The molecule has 2 rings (SSSR count). The fourth-order valence-corrected chi connectivity index (χ4v) is 1.49. The average molecular weight is 266 g/mol. The Bertz CT molecular complexity index is 635. The number of hydrogen-bond acceptors (Lipinski definition) is 6. The summed E-state index contributed by atoms with van der Waals surface area (Å²) in [5.41, 5.74) is -0.124. The van der Waals surface area contributed by atoms with Crippen LogP contribution in [0.2, 0.25) is 0 Å². The van der Waals surface area contributed by atoms with Crippen LogP contribution < -0.4 is 0 Å². The van der Waals surface area contributed by atoms with Gasteiger partial charge in [0.1, 0.15) is 5.82 Å². The Kier molecular flexibility index (Phi) is 3.23. The fourth-order valence-electron chi connectivity index (χ4n) is 1.49. The normalized spacial score (nSPS) is 10.2. The molecule has 98 valence electrons. The molecule has 0 saturated heterocycles. The Morgan fingerprint density at radius 3 is 2.58 bits per heavy atom. The molecule has 0 bridgehead atoms. The lowest BCUT2D eigenvalue weighted by Gasteiger charge is -1.98. The van der Waals surface area contributed by atoms with Gasteiger partial charge in [0.05, 0.1) is 7.11 Å². The van der Waals surface area contributed by atoms with E-state index in [0.717, 1.165) is 19.2 Å². The molecule has 0 fully saturated rings. The molecule has 0 atom stereocenters.